The fourth-order valence-corrected chi connectivity index (χ4v) is 2.49. The minimum atomic E-state index is 0.694. The van der Waals surface area contributed by atoms with Gasteiger partial charge in [0.15, 0.2) is 0 Å². The molecule has 3 aromatic rings. The van der Waals surface area contributed by atoms with Crippen molar-refractivity contribution in [2.45, 2.75) is 0 Å². The molecule has 0 aliphatic heterocycles. The number of anilines is 1. The summed E-state index contributed by atoms with van der Waals surface area (Å²) in [6.07, 6.45) is 0. The highest BCUT2D eigenvalue weighted by molar-refractivity contribution is 6.30. The summed E-state index contributed by atoms with van der Waals surface area (Å²) < 4.78 is 0. The van der Waals surface area contributed by atoms with Crippen LogP contribution in [-0.4, -0.2) is 14.1 Å². The molecular weight excluding hydrogens is 294 g/mol. The topological polar surface area (TPSA) is 28.0 Å². The van der Waals surface area contributed by atoms with Crippen LogP contribution in [0, 0.1) is 0 Å². The fraction of sp³-hybridized carbons (Fsp3) is 0.111. The predicted molar refractivity (Wildman–Crippen MR) is 93.9 cm³/mol. The van der Waals surface area contributed by atoms with Crippen molar-refractivity contribution in [1.29, 1.82) is 0 Å². The van der Waals surface area contributed by atoms with E-state index >= 15 is 0 Å². The van der Waals surface area contributed by atoms with Gasteiger partial charge in [0, 0.05) is 35.6 Å². The Balaban J connectivity index is 2.04. The van der Waals surface area contributed by atoms with Crippen LogP contribution >= 0.6 is 11.6 Å². The lowest BCUT2D eigenvalue weighted by Crippen LogP contribution is -2.08. The molecular formula is C18H16ClN3. The summed E-state index contributed by atoms with van der Waals surface area (Å²) in [5.41, 5.74) is 2.81. The molecule has 110 valence electrons. The van der Waals surface area contributed by atoms with Crippen LogP contribution in [0.4, 0.5) is 17.1 Å². The van der Waals surface area contributed by atoms with Crippen molar-refractivity contribution in [3.8, 4) is 0 Å². The summed E-state index contributed by atoms with van der Waals surface area (Å²) in [4.78, 5) is 2.10. The highest BCUT2D eigenvalue weighted by Gasteiger charge is 2.06. The molecule has 0 aliphatic rings. The SMILES string of the molecule is CN(C)c1ccc(N=Nc2ccc(Cl)cc2)c2ccccc12. The van der Waals surface area contributed by atoms with Crippen molar-refractivity contribution < 1.29 is 0 Å². The fourth-order valence-electron chi connectivity index (χ4n) is 2.36. The summed E-state index contributed by atoms with van der Waals surface area (Å²) >= 11 is 5.88. The molecule has 0 amide bonds. The second-order valence-corrected chi connectivity index (χ2v) is 5.66. The molecule has 0 unspecified atom stereocenters. The van der Waals surface area contributed by atoms with E-state index in [1.54, 1.807) is 0 Å². The first-order chi connectivity index (χ1) is 10.6. The summed E-state index contributed by atoms with van der Waals surface area (Å²) in [6.45, 7) is 0. The van der Waals surface area contributed by atoms with E-state index in [4.69, 9.17) is 11.6 Å². The zero-order valence-electron chi connectivity index (χ0n) is 12.5. The molecule has 0 saturated carbocycles. The first-order valence-corrected chi connectivity index (χ1v) is 7.39. The van der Waals surface area contributed by atoms with E-state index in [0.717, 1.165) is 16.8 Å². The first-order valence-electron chi connectivity index (χ1n) is 7.01. The van der Waals surface area contributed by atoms with Crippen LogP contribution in [0.2, 0.25) is 5.02 Å². The van der Waals surface area contributed by atoms with Gasteiger partial charge in [-0.05, 0) is 36.4 Å². The van der Waals surface area contributed by atoms with Gasteiger partial charge < -0.3 is 4.90 Å². The van der Waals surface area contributed by atoms with Crippen LogP contribution in [-0.2, 0) is 0 Å². The Morgan fingerprint density at radius 1 is 0.773 bits per heavy atom. The van der Waals surface area contributed by atoms with Gasteiger partial charge in [0.1, 0.15) is 0 Å². The molecule has 3 aromatic carbocycles. The third-order valence-corrected chi connectivity index (χ3v) is 3.71. The van der Waals surface area contributed by atoms with E-state index in [9.17, 15) is 0 Å². The molecule has 0 N–H and O–H groups in total. The predicted octanol–water partition coefficient (Wildman–Crippen LogP) is 5.97. The van der Waals surface area contributed by atoms with E-state index in [-0.39, 0.29) is 0 Å². The van der Waals surface area contributed by atoms with Crippen molar-refractivity contribution in [1.82, 2.24) is 0 Å². The average Bonchev–Trinajstić information content (AvgIpc) is 2.53. The van der Waals surface area contributed by atoms with E-state index in [1.807, 2.05) is 56.6 Å². The Morgan fingerprint density at radius 3 is 2.14 bits per heavy atom. The van der Waals surface area contributed by atoms with Gasteiger partial charge in [0.25, 0.3) is 0 Å². The van der Waals surface area contributed by atoms with E-state index in [1.165, 1.54) is 11.1 Å². The van der Waals surface area contributed by atoms with Crippen LogP contribution in [0.1, 0.15) is 0 Å². The summed E-state index contributed by atoms with van der Waals surface area (Å²) in [7, 11) is 4.08. The molecule has 0 aliphatic carbocycles. The van der Waals surface area contributed by atoms with Crippen molar-refractivity contribution in [2.24, 2.45) is 10.2 Å². The third-order valence-electron chi connectivity index (χ3n) is 3.46. The molecule has 0 aromatic heterocycles. The molecule has 0 fully saturated rings. The van der Waals surface area contributed by atoms with Gasteiger partial charge in [-0.25, -0.2) is 0 Å². The normalized spacial score (nSPS) is 11.2. The number of hydrogen-bond acceptors (Lipinski definition) is 3. The molecule has 0 bridgehead atoms. The van der Waals surface area contributed by atoms with E-state index in [0.29, 0.717) is 5.02 Å². The lowest BCUT2D eigenvalue weighted by atomic mass is 10.1. The smallest absolute Gasteiger partial charge is 0.0936 e. The van der Waals surface area contributed by atoms with Gasteiger partial charge >= 0.3 is 0 Å². The van der Waals surface area contributed by atoms with Crippen LogP contribution in [0.15, 0.2) is 70.9 Å². The summed E-state index contributed by atoms with van der Waals surface area (Å²) in [5, 5.41) is 11.6. The Labute approximate surface area is 134 Å². The average molecular weight is 310 g/mol. The monoisotopic (exact) mass is 309 g/mol. The quantitative estimate of drug-likeness (QED) is 0.547. The summed E-state index contributed by atoms with van der Waals surface area (Å²) in [6, 6.07) is 19.6. The molecule has 0 spiro atoms. The van der Waals surface area contributed by atoms with Crippen LogP contribution < -0.4 is 4.90 Å². The highest BCUT2D eigenvalue weighted by atomic mass is 35.5. The Kier molecular flexibility index (Phi) is 4.07. The number of nitrogens with zero attached hydrogens (tertiary/aromatic N) is 3. The second kappa shape index (κ2) is 6.16. The lowest BCUT2D eigenvalue weighted by Gasteiger charge is -2.16. The first kappa shape index (κ1) is 14.5. The third kappa shape index (κ3) is 2.95. The number of benzene rings is 3. The zero-order chi connectivity index (χ0) is 15.5. The van der Waals surface area contributed by atoms with Gasteiger partial charge in [0.2, 0.25) is 0 Å². The maximum Gasteiger partial charge on any atom is 0.0936 e. The van der Waals surface area contributed by atoms with Gasteiger partial charge in [-0.3, -0.25) is 0 Å². The van der Waals surface area contributed by atoms with Crippen molar-refractivity contribution in [3.63, 3.8) is 0 Å². The molecule has 22 heavy (non-hydrogen) atoms. The standard InChI is InChI=1S/C18H16ClN3/c1-22(2)18-12-11-17(15-5-3-4-6-16(15)18)21-20-14-9-7-13(19)8-10-14/h3-12H,1-2H3. The van der Waals surface area contributed by atoms with Crippen LogP contribution in [0.25, 0.3) is 10.8 Å². The van der Waals surface area contributed by atoms with Gasteiger partial charge in [-0.2, -0.15) is 5.11 Å². The van der Waals surface area contributed by atoms with Crippen LogP contribution in [0.5, 0.6) is 0 Å². The lowest BCUT2D eigenvalue weighted by molar-refractivity contribution is 1.14. The molecule has 0 radical (unpaired) electrons. The Hall–Kier alpha value is -2.39. The summed E-state index contributed by atoms with van der Waals surface area (Å²) in [5.74, 6) is 0. The molecule has 3 nitrogen and oxygen atoms in total. The number of rotatable bonds is 3. The van der Waals surface area contributed by atoms with Gasteiger partial charge in [0.05, 0.1) is 11.4 Å². The van der Waals surface area contributed by atoms with Crippen LogP contribution in [0.3, 0.4) is 0 Å². The largest absolute Gasteiger partial charge is 0.377 e. The number of halogens is 1. The van der Waals surface area contributed by atoms with E-state index in [2.05, 4.69) is 33.3 Å². The second-order valence-electron chi connectivity index (χ2n) is 5.22. The minimum absolute atomic E-state index is 0.694. The molecule has 0 atom stereocenters. The number of azo groups is 1. The number of fused-ring (bicyclic) bond motifs is 1. The molecule has 0 heterocycles. The Morgan fingerprint density at radius 2 is 1.45 bits per heavy atom. The maximum atomic E-state index is 5.88. The van der Waals surface area contributed by atoms with Gasteiger partial charge in [-0.15, -0.1) is 5.11 Å². The van der Waals surface area contributed by atoms with Gasteiger partial charge in [-0.1, -0.05) is 35.9 Å². The Bertz CT molecular complexity index is 823. The van der Waals surface area contributed by atoms with Crippen molar-refractivity contribution in [2.75, 3.05) is 19.0 Å². The highest BCUT2D eigenvalue weighted by Crippen LogP contribution is 2.33. The molecule has 0 saturated heterocycles. The van der Waals surface area contributed by atoms with Crippen molar-refractivity contribution >= 4 is 39.4 Å². The van der Waals surface area contributed by atoms with E-state index < -0.39 is 0 Å². The minimum Gasteiger partial charge on any atom is -0.377 e. The molecule has 4 heteroatoms. The van der Waals surface area contributed by atoms with Crippen molar-refractivity contribution in [3.05, 3.63) is 65.7 Å². The number of hydrogen-bond donors (Lipinski definition) is 0. The molecule has 3 rings (SSSR count). The maximum absolute atomic E-state index is 5.88. The zero-order valence-corrected chi connectivity index (χ0v) is 13.2.